The van der Waals surface area contributed by atoms with Crippen molar-refractivity contribution in [2.45, 2.75) is 27.7 Å². The maximum absolute atomic E-state index is 12.5. The minimum Gasteiger partial charge on any atom is -0.321 e. The van der Waals surface area contributed by atoms with E-state index < -0.39 is 0 Å². The Bertz CT molecular complexity index is 1120. The van der Waals surface area contributed by atoms with Crippen LogP contribution in [-0.4, -0.2) is 10.5 Å². The summed E-state index contributed by atoms with van der Waals surface area (Å²) < 4.78 is 2.23. The van der Waals surface area contributed by atoms with Crippen LogP contribution < -0.4 is 5.32 Å². The highest BCUT2D eigenvalue weighted by Gasteiger charge is 2.24. The normalized spacial score (nSPS) is 14.6. The molecule has 0 bridgehead atoms. The lowest BCUT2D eigenvalue weighted by Crippen LogP contribution is -2.03. The summed E-state index contributed by atoms with van der Waals surface area (Å²) in [6, 6.07) is 14.1. The van der Waals surface area contributed by atoms with Gasteiger partial charge in [0.2, 0.25) is 0 Å². The first kappa shape index (κ1) is 17.6. The number of carbonyl (C=O) groups excluding carboxylic acids is 1. The Morgan fingerprint density at radius 3 is 2.48 bits per heavy atom. The van der Waals surface area contributed by atoms with Crippen LogP contribution in [0.1, 0.15) is 33.6 Å². The van der Waals surface area contributed by atoms with E-state index in [1.54, 1.807) is 6.07 Å². The van der Waals surface area contributed by atoms with E-state index in [1.807, 2.05) is 18.2 Å². The van der Waals surface area contributed by atoms with Gasteiger partial charge in [0, 0.05) is 33.2 Å². The van der Waals surface area contributed by atoms with Crippen molar-refractivity contribution in [1.82, 2.24) is 4.57 Å². The molecule has 1 aromatic heterocycles. The Morgan fingerprint density at radius 1 is 0.963 bits per heavy atom. The number of aryl methyl sites for hydroxylation is 3. The number of halogens is 1. The lowest BCUT2D eigenvalue weighted by atomic mass is 10.0. The van der Waals surface area contributed by atoms with Gasteiger partial charge in [-0.2, -0.15) is 0 Å². The van der Waals surface area contributed by atoms with Crippen LogP contribution in [-0.2, 0) is 4.79 Å². The first-order chi connectivity index (χ1) is 12.8. The monoisotopic (exact) mass is 376 g/mol. The average Bonchev–Trinajstić information content (AvgIpc) is 3.06. The summed E-state index contributed by atoms with van der Waals surface area (Å²) in [5.41, 5.74) is 9.29. The first-order valence-electron chi connectivity index (χ1n) is 8.94. The Morgan fingerprint density at radius 2 is 1.74 bits per heavy atom. The number of nitrogens with one attached hydrogen (secondary N) is 1. The van der Waals surface area contributed by atoms with Crippen LogP contribution in [0.15, 0.2) is 42.5 Å². The van der Waals surface area contributed by atoms with Crippen molar-refractivity contribution in [3.63, 3.8) is 0 Å². The number of amides is 1. The van der Waals surface area contributed by atoms with Gasteiger partial charge in [0.25, 0.3) is 5.91 Å². The fourth-order valence-corrected chi connectivity index (χ4v) is 3.83. The maximum Gasteiger partial charge on any atom is 0.256 e. The number of aromatic nitrogens is 1. The fourth-order valence-electron chi connectivity index (χ4n) is 3.66. The molecule has 0 spiro atoms. The van der Waals surface area contributed by atoms with Crippen LogP contribution in [0.4, 0.5) is 5.69 Å². The van der Waals surface area contributed by atoms with E-state index in [4.69, 9.17) is 11.6 Å². The minimum absolute atomic E-state index is 0.0942. The zero-order chi connectivity index (χ0) is 19.3. The number of benzene rings is 2. The van der Waals surface area contributed by atoms with Gasteiger partial charge in [0.1, 0.15) is 0 Å². The Kier molecular flexibility index (Phi) is 4.20. The molecule has 2 heterocycles. The highest BCUT2D eigenvalue weighted by Crippen LogP contribution is 2.36. The second kappa shape index (κ2) is 6.43. The van der Waals surface area contributed by atoms with Gasteiger partial charge in [-0.3, -0.25) is 4.79 Å². The van der Waals surface area contributed by atoms with E-state index >= 15 is 0 Å². The zero-order valence-electron chi connectivity index (χ0n) is 15.9. The summed E-state index contributed by atoms with van der Waals surface area (Å²) in [5, 5.41) is 3.51. The molecule has 1 amide bonds. The standard InChI is InChI=1S/C23H21ClN2O/c1-13-5-7-19(9-14(13)2)26-15(3)10-17(16(26)4)11-21-20-8-6-18(24)12-22(20)25-23(21)27/h5-12H,1-4H3,(H,25,27)/b21-11+. The van der Waals surface area contributed by atoms with Gasteiger partial charge in [-0.15, -0.1) is 0 Å². The second-order valence-electron chi connectivity index (χ2n) is 7.13. The number of fused-ring (bicyclic) bond motifs is 1. The van der Waals surface area contributed by atoms with Crippen molar-refractivity contribution >= 4 is 34.8 Å². The highest BCUT2D eigenvalue weighted by molar-refractivity contribution is 6.36. The molecule has 3 aromatic rings. The molecule has 27 heavy (non-hydrogen) atoms. The predicted octanol–water partition coefficient (Wildman–Crippen LogP) is 5.86. The summed E-state index contributed by atoms with van der Waals surface area (Å²) in [7, 11) is 0. The number of hydrogen-bond donors (Lipinski definition) is 1. The number of nitrogens with zero attached hydrogens (tertiary/aromatic N) is 1. The molecule has 1 N–H and O–H groups in total. The van der Waals surface area contributed by atoms with E-state index in [2.05, 4.69) is 61.8 Å². The van der Waals surface area contributed by atoms with Gasteiger partial charge in [-0.1, -0.05) is 23.7 Å². The van der Waals surface area contributed by atoms with Crippen molar-refractivity contribution in [1.29, 1.82) is 0 Å². The van der Waals surface area contributed by atoms with Crippen molar-refractivity contribution in [2.75, 3.05) is 5.32 Å². The molecular weight excluding hydrogens is 356 g/mol. The molecule has 3 nitrogen and oxygen atoms in total. The van der Waals surface area contributed by atoms with Gasteiger partial charge < -0.3 is 9.88 Å². The third-order valence-corrected chi connectivity index (χ3v) is 5.52. The molecule has 0 saturated carbocycles. The van der Waals surface area contributed by atoms with Crippen LogP contribution in [0.5, 0.6) is 0 Å². The third kappa shape index (κ3) is 2.98. The van der Waals surface area contributed by atoms with E-state index in [0.717, 1.165) is 33.9 Å². The van der Waals surface area contributed by atoms with Crippen molar-refractivity contribution in [3.05, 3.63) is 81.1 Å². The molecule has 136 valence electrons. The van der Waals surface area contributed by atoms with Gasteiger partial charge in [0.15, 0.2) is 0 Å². The lowest BCUT2D eigenvalue weighted by molar-refractivity contribution is -0.110. The SMILES string of the molecule is Cc1ccc(-n2c(C)cc(/C=C3/C(=O)Nc4cc(Cl)ccc43)c2C)cc1C. The van der Waals surface area contributed by atoms with Crippen LogP contribution in [0.3, 0.4) is 0 Å². The molecule has 0 atom stereocenters. The molecule has 1 aliphatic heterocycles. The van der Waals surface area contributed by atoms with E-state index in [0.29, 0.717) is 10.6 Å². The van der Waals surface area contributed by atoms with Crippen molar-refractivity contribution < 1.29 is 4.79 Å². The third-order valence-electron chi connectivity index (χ3n) is 5.28. The maximum atomic E-state index is 12.5. The molecular formula is C23H21ClN2O. The average molecular weight is 377 g/mol. The smallest absolute Gasteiger partial charge is 0.256 e. The first-order valence-corrected chi connectivity index (χ1v) is 9.32. The number of rotatable bonds is 2. The van der Waals surface area contributed by atoms with Gasteiger partial charge in [-0.25, -0.2) is 0 Å². The molecule has 0 unspecified atom stereocenters. The Labute approximate surface area is 164 Å². The largest absolute Gasteiger partial charge is 0.321 e. The summed E-state index contributed by atoms with van der Waals surface area (Å²) in [6.07, 6.45) is 1.97. The van der Waals surface area contributed by atoms with Gasteiger partial charge >= 0.3 is 0 Å². The molecule has 0 saturated heterocycles. The highest BCUT2D eigenvalue weighted by atomic mass is 35.5. The number of carbonyl (C=O) groups is 1. The topological polar surface area (TPSA) is 34.0 Å². The van der Waals surface area contributed by atoms with Crippen molar-refractivity contribution in [2.24, 2.45) is 0 Å². The van der Waals surface area contributed by atoms with E-state index in [-0.39, 0.29) is 5.91 Å². The minimum atomic E-state index is -0.0942. The molecule has 0 fully saturated rings. The fraction of sp³-hybridized carbons (Fsp3) is 0.174. The predicted molar refractivity (Wildman–Crippen MR) is 113 cm³/mol. The van der Waals surface area contributed by atoms with Gasteiger partial charge in [0.05, 0.1) is 5.69 Å². The molecule has 4 rings (SSSR count). The molecule has 0 radical (unpaired) electrons. The lowest BCUT2D eigenvalue weighted by Gasteiger charge is -2.12. The van der Waals surface area contributed by atoms with Crippen LogP contribution in [0.25, 0.3) is 17.3 Å². The number of anilines is 1. The summed E-state index contributed by atoms with van der Waals surface area (Å²) in [4.78, 5) is 12.5. The summed E-state index contributed by atoms with van der Waals surface area (Å²) in [6.45, 7) is 8.42. The number of hydrogen-bond acceptors (Lipinski definition) is 1. The summed E-state index contributed by atoms with van der Waals surface area (Å²) in [5.74, 6) is -0.0942. The second-order valence-corrected chi connectivity index (χ2v) is 7.57. The van der Waals surface area contributed by atoms with Crippen LogP contribution >= 0.6 is 11.6 Å². The summed E-state index contributed by atoms with van der Waals surface area (Å²) >= 11 is 6.05. The van der Waals surface area contributed by atoms with Crippen LogP contribution in [0.2, 0.25) is 5.02 Å². The molecule has 2 aromatic carbocycles. The Balaban J connectivity index is 1.82. The molecule has 1 aliphatic rings. The molecule has 4 heteroatoms. The zero-order valence-corrected chi connectivity index (χ0v) is 16.6. The quantitative estimate of drug-likeness (QED) is 0.558. The van der Waals surface area contributed by atoms with Gasteiger partial charge in [-0.05, 0) is 80.8 Å². The van der Waals surface area contributed by atoms with E-state index in [9.17, 15) is 4.79 Å². The Hall–Kier alpha value is -2.78. The van der Waals surface area contributed by atoms with E-state index in [1.165, 1.54) is 11.1 Å². The van der Waals surface area contributed by atoms with Crippen LogP contribution in [0, 0.1) is 27.7 Å². The van der Waals surface area contributed by atoms with Crippen molar-refractivity contribution in [3.8, 4) is 5.69 Å². The molecule has 0 aliphatic carbocycles.